The van der Waals surface area contributed by atoms with Crippen molar-refractivity contribution < 1.29 is 12.9 Å². The number of aromatic nitrogens is 2. The van der Waals surface area contributed by atoms with Gasteiger partial charge in [0.1, 0.15) is 6.26 Å². The minimum absolute atomic E-state index is 1.40. The number of halogens is 2. The molecule has 0 bridgehead atoms. The molecule has 0 atom stereocenters. The van der Waals surface area contributed by atoms with Crippen LogP contribution < -0.4 is 0 Å². The molecule has 1 aromatic rings. The van der Waals surface area contributed by atoms with E-state index in [1.54, 1.807) is 0 Å². The van der Waals surface area contributed by atoms with E-state index in [1.165, 1.54) is 12.5 Å². The van der Waals surface area contributed by atoms with Crippen molar-refractivity contribution in [2.75, 3.05) is 0 Å². The topological polar surface area (TPSA) is 73.1 Å². The van der Waals surface area contributed by atoms with Crippen LogP contribution in [-0.4, -0.2) is 18.8 Å². The zero-order valence-electron chi connectivity index (χ0n) is 4.44. The molecular weight excluding hydrogens is 203 g/mol. The Labute approximate surface area is 65.8 Å². The SMILES string of the molecule is O=S(=O)(Cl)Cl.c1conn1. The third kappa shape index (κ3) is 15.6. The van der Waals surface area contributed by atoms with Gasteiger partial charge in [0.25, 0.3) is 0 Å². The summed E-state index contributed by atoms with van der Waals surface area (Å²) >= 11 is 0. The molecule has 0 spiro atoms. The van der Waals surface area contributed by atoms with Gasteiger partial charge in [0.2, 0.25) is 0 Å². The fourth-order valence-electron chi connectivity index (χ4n) is 0.136. The molecule has 0 aliphatic carbocycles. The van der Waals surface area contributed by atoms with Crippen molar-refractivity contribution in [1.82, 2.24) is 10.4 Å². The van der Waals surface area contributed by atoms with Crippen LogP contribution in [0.3, 0.4) is 0 Å². The van der Waals surface area contributed by atoms with Crippen molar-refractivity contribution >= 4 is 29.6 Å². The lowest BCUT2D eigenvalue weighted by Gasteiger charge is -1.61. The highest BCUT2D eigenvalue weighted by Crippen LogP contribution is 1.98. The molecule has 0 radical (unpaired) electrons. The molecule has 0 saturated heterocycles. The van der Waals surface area contributed by atoms with Crippen LogP contribution in [0.15, 0.2) is 17.0 Å². The first-order valence-electron chi connectivity index (χ1n) is 1.85. The van der Waals surface area contributed by atoms with Gasteiger partial charge in [-0.05, 0) is 0 Å². The first kappa shape index (κ1) is 9.67. The van der Waals surface area contributed by atoms with Gasteiger partial charge in [-0.2, -0.15) is 8.42 Å². The smallest absolute Gasteiger partial charge is 0.317 e. The van der Waals surface area contributed by atoms with Gasteiger partial charge in [0, 0.05) is 26.6 Å². The fourth-order valence-corrected chi connectivity index (χ4v) is 0.136. The minimum Gasteiger partial charge on any atom is -0.346 e. The van der Waals surface area contributed by atoms with Gasteiger partial charge < -0.3 is 4.52 Å². The van der Waals surface area contributed by atoms with Crippen LogP contribution in [-0.2, 0) is 8.26 Å². The van der Waals surface area contributed by atoms with E-state index >= 15 is 0 Å². The highest BCUT2D eigenvalue weighted by atomic mass is 36.0. The highest BCUT2D eigenvalue weighted by molar-refractivity contribution is 8.31. The molecule has 1 rings (SSSR count). The Morgan fingerprint density at radius 3 is 2.00 bits per heavy atom. The van der Waals surface area contributed by atoms with Crippen LogP contribution in [0.5, 0.6) is 0 Å². The van der Waals surface area contributed by atoms with Crippen LogP contribution in [0, 0.1) is 0 Å². The van der Waals surface area contributed by atoms with Crippen molar-refractivity contribution in [3.63, 3.8) is 0 Å². The summed E-state index contributed by atoms with van der Waals surface area (Å²) in [5.74, 6) is 0. The monoisotopic (exact) mass is 204 g/mol. The molecule has 0 amide bonds. The maximum atomic E-state index is 9.16. The largest absolute Gasteiger partial charge is 0.346 e. The molecule has 58 valence electrons. The van der Waals surface area contributed by atoms with Crippen molar-refractivity contribution in [2.24, 2.45) is 0 Å². The summed E-state index contributed by atoms with van der Waals surface area (Å²) in [6.45, 7) is 0. The maximum Gasteiger partial charge on any atom is 0.317 e. The van der Waals surface area contributed by atoms with Gasteiger partial charge in [-0.25, -0.2) is 0 Å². The van der Waals surface area contributed by atoms with Gasteiger partial charge >= 0.3 is 8.26 Å². The Kier molecular flexibility index (Phi) is 4.33. The zero-order chi connectivity index (χ0) is 8.04. The van der Waals surface area contributed by atoms with Crippen molar-refractivity contribution in [1.29, 1.82) is 0 Å². The maximum absolute atomic E-state index is 9.16. The molecule has 0 aliphatic rings. The van der Waals surface area contributed by atoms with E-state index in [4.69, 9.17) is 8.42 Å². The predicted octanol–water partition coefficient (Wildman–Crippen LogP) is 0.778. The molecule has 5 nitrogen and oxygen atoms in total. The van der Waals surface area contributed by atoms with E-state index in [0.29, 0.717) is 0 Å². The third-order valence-corrected chi connectivity index (χ3v) is 0.283. The van der Waals surface area contributed by atoms with E-state index in [9.17, 15) is 0 Å². The van der Waals surface area contributed by atoms with Gasteiger partial charge in [0.15, 0.2) is 0 Å². The van der Waals surface area contributed by atoms with Gasteiger partial charge in [-0.3, -0.25) is 0 Å². The van der Waals surface area contributed by atoms with E-state index in [0.717, 1.165) is 0 Å². The molecule has 8 heteroatoms. The van der Waals surface area contributed by atoms with E-state index in [1.807, 2.05) is 0 Å². The Morgan fingerprint density at radius 2 is 1.90 bits per heavy atom. The number of hydrogen-bond donors (Lipinski definition) is 0. The summed E-state index contributed by atoms with van der Waals surface area (Å²) in [6, 6.07) is 0. The molecule has 0 aromatic carbocycles. The fraction of sp³-hybridized carbons (Fsp3) is 0. The minimum atomic E-state index is -3.72. The van der Waals surface area contributed by atoms with E-state index < -0.39 is 8.26 Å². The average Bonchev–Trinajstić information content (AvgIpc) is 2.07. The standard InChI is InChI=1S/C2H2N2O.Cl2O2S/c1-2-5-4-3-1;1-5(2,3)4/h1-2H;. The summed E-state index contributed by atoms with van der Waals surface area (Å²) < 4.78 is 22.5. The van der Waals surface area contributed by atoms with Gasteiger partial charge in [0.05, 0.1) is 6.20 Å². The number of rotatable bonds is 0. The number of nitrogens with zero attached hydrogens (tertiary/aromatic N) is 2. The molecule has 0 aliphatic heterocycles. The first-order chi connectivity index (χ1) is 4.50. The second-order valence-corrected chi connectivity index (χ2v) is 4.63. The molecule has 0 saturated carbocycles. The van der Waals surface area contributed by atoms with Crippen LogP contribution in [0.25, 0.3) is 0 Å². The molecule has 0 fully saturated rings. The Hall–Kier alpha value is -0.330. The molecule has 1 aromatic heterocycles. The average molecular weight is 205 g/mol. The van der Waals surface area contributed by atoms with Crippen LogP contribution in [0.1, 0.15) is 0 Å². The summed E-state index contributed by atoms with van der Waals surface area (Å²) in [5.41, 5.74) is 0. The summed E-state index contributed by atoms with van der Waals surface area (Å²) in [7, 11) is 4.81. The van der Waals surface area contributed by atoms with Crippen molar-refractivity contribution in [3.8, 4) is 0 Å². The molecule has 10 heavy (non-hydrogen) atoms. The Morgan fingerprint density at radius 1 is 1.40 bits per heavy atom. The number of hydrogen-bond acceptors (Lipinski definition) is 5. The first-order valence-corrected chi connectivity index (χ1v) is 4.99. The highest BCUT2D eigenvalue weighted by Gasteiger charge is 1.88. The molecule has 0 unspecified atom stereocenters. The zero-order valence-corrected chi connectivity index (χ0v) is 6.77. The van der Waals surface area contributed by atoms with Crippen molar-refractivity contribution in [3.05, 3.63) is 12.5 Å². The van der Waals surface area contributed by atoms with E-state index in [2.05, 4.69) is 36.3 Å². The van der Waals surface area contributed by atoms with E-state index in [-0.39, 0.29) is 0 Å². The Bertz CT molecular complexity index is 218. The van der Waals surface area contributed by atoms with Crippen LogP contribution in [0.4, 0.5) is 0 Å². The van der Waals surface area contributed by atoms with Crippen molar-refractivity contribution in [2.45, 2.75) is 0 Å². The second-order valence-electron chi connectivity index (χ2n) is 0.966. The molecule has 1 heterocycles. The second kappa shape index (κ2) is 4.48. The predicted molar refractivity (Wildman–Crippen MR) is 34.9 cm³/mol. The quantitative estimate of drug-likeness (QED) is 0.585. The summed E-state index contributed by atoms with van der Waals surface area (Å²) in [6.07, 6.45) is 2.88. The molecule has 0 N–H and O–H groups in total. The van der Waals surface area contributed by atoms with Gasteiger partial charge in [-0.15, -0.1) is 5.10 Å². The summed E-state index contributed by atoms with van der Waals surface area (Å²) in [5, 5.41) is 6.40. The summed E-state index contributed by atoms with van der Waals surface area (Å²) in [4.78, 5) is 0. The molecular formula is C2H2Cl2N2O3S. The van der Waals surface area contributed by atoms with Crippen LogP contribution >= 0.6 is 21.4 Å². The van der Waals surface area contributed by atoms with Gasteiger partial charge in [-0.1, -0.05) is 0 Å². The lowest BCUT2D eigenvalue weighted by Crippen LogP contribution is -1.63. The lowest BCUT2D eigenvalue weighted by atomic mass is 11.0. The normalized spacial score (nSPS) is 9.80. The van der Waals surface area contributed by atoms with Crippen LogP contribution in [0.2, 0.25) is 0 Å². The third-order valence-electron chi connectivity index (χ3n) is 0.283. The Balaban J connectivity index is 0.000000162. The lowest BCUT2D eigenvalue weighted by molar-refractivity contribution is 0.393.